The Balaban J connectivity index is 2.15. The molecular weight excluding hydrogens is 341 g/mol. The van der Waals surface area contributed by atoms with Crippen LogP contribution in [0.4, 0.5) is 13.2 Å². The van der Waals surface area contributed by atoms with Crippen molar-refractivity contribution in [2.45, 2.75) is 57.8 Å². The number of benzene rings is 2. The smallest absolute Gasteiger partial charge is 0.287 e. The first-order valence-electron chi connectivity index (χ1n) is 8.80. The van der Waals surface area contributed by atoms with Crippen molar-refractivity contribution in [3.05, 3.63) is 47.5 Å². The molecule has 1 atom stereocenters. The molecule has 2 aromatic carbocycles. The highest BCUT2D eigenvalue weighted by Crippen LogP contribution is 2.44. The predicted molar refractivity (Wildman–Crippen MR) is 95.4 cm³/mol. The van der Waals surface area contributed by atoms with Gasteiger partial charge in [0, 0.05) is 12.0 Å². The van der Waals surface area contributed by atoms with Gasteiger partial charge in [-0.3, -0.25) is 10.2 Å². The molecule has 0 spiro atoms. The van der Waals surface area contributed by atoms with Gasteiger partial charge in [0.1, 0.15) is 0 Å². The summed E-state index contributed by atoms with van der Waals surface area (Å²) in [5, 5.41) is 2.40. The van der Waals surface area contributed by atoms with Crippen molar-refractivity contribution in [3.63, 3.8) is 0 Å². The average molecular weight is 364 g/mol. The van der Waals surface area contributed by atoms with Crippen molar-refractivity contribution in [2.24, 2.45) is 0 Å². The molecule has 1 unspecified atom stereocenters. The van der Waals surface area contributed by atoms with E-state index in [4.69, 9.17) is 0 Å². The van der Waals surface area contributed by atoms with Crippen LogP contribution in [0.2, 0.25) is 0 Å². The largest absolute Gasteiger partial charge is 0.409 e. The van der Waals surface area contributed by atoms with Crippen LogP contribution in [-0.4, -0.2) is 22.6 Å². The highest BCUT2D eigenvalue weighted by molar-refractivity contribution is 5.87. The lowest BCUT2D eigenvalue weighted by atomic mass is 9.93. The van der Waals surface area contributed by atoms with Crippen molar-refractivity contribution in [1.29, 1.82) is 0 Å². The lowest BCUT2D eigenvalue weighted by molar-refractivity contribution is -0.203. The molecule has 1 saturated heterocycles. The van der Waals surface area contributed by atoms with Crippen LogP contribution in [0.5, 0.6) is 0 Å². The van der Waals surface area contributed by atoms with Gasteiger partial charge in [-0.05, 0) is 42.2 Å². The molecule has 3 nitrogen and oxygen atoms in total. The predicted octanol–water partition coefficient (Wildman–Crippen LogP) is 4.91. The van der Waals surface area contributed by atoms with Crippen molar-refractivity contribution < 1.29 is 18.0 Å². The van der Waals surface area contributed by atoms with Gasteiger partial charge in [-0.25, -0.2) is 0 Å². The Kier molecular flexibility index (Phi) is 4.73. The number of amides is 1. The topological polar surface area (TPSA) is 32.3 Å². The van der Waals surface area contributed by atoms with Gasteiger partial charge >= 0.3 is 6.18 Å². The zero-order valence-corrected chi connectivity index (χ0v) is 15.2. The number of halogens is 3. The summed E-state index contributed by atoms with van der Waals surface area (Å²) in [7, 11) is 0. The fourth-order valence-electron chi connectivity index (χ4n) is 3.72. The number of nitrogens with one attached hydrogen (secondary N) is 1. The second-order valence-corrected chi connectivity index (χ2v) is 7.49. The van der Waals surface area contributed by atoms with Crippen molar-refractivity contribution in [3.8, 4) is 0 Å². The van der Waals surface area contributed by atoms with E-state index < -0.39 is 23.7 Å². The lowest BCUT2D eigenvalue weighted by Gasteiger charge is -2.38. The summed E-state index contributed by atoms with van der Waals surface area (Å²) in [5.41, 5.74) is 2.76. The Morgan fingerprint density at radius 2 is 1.96 bits per heavy atom. The molecule has 1 amide bonds. The van der Waals surface area contributed by atoms with Gasteiger partial charge < -0.3 is 0 Å². The van der Waals surface area contributed by atoms with Crippen molar-refractivity contribution in [1.82, 2.24) is 10.4 Å². The van der Waals surface area contributed by atoms with Crippen molar-refractivity contribution >= 4 is 16.7 Å². The number of alkyl halides is 3. The molecule has 0 aliphatic carbocycles. The Morgan fingerprint density at radius 1 is 1.23 bits per heavy atom. The first kappa shape index (κ1) is 18.7. The van der Waals surface area contributed by atoms with Crippen LogP contribution in [0.1, 0.15) is 50.8 Å². The van der Waals surface area contributed by atoms with E-state index in [1.807, 2.05) is 18.2 Å². The second-order valence-electron chi connectivity index (χ2n) is 7.49. The van der Waals surface area contributed by atoms with Crippen molar-refractivity contribution in [2.75, 3.05) is 0 Å². The van der Waals surface area contributed by atoms with Crippen LogP contribution in [-0.2, 0) is 11.2 Å². The first-order valence-corrected chi connectivity index (χ1v) is 8.80. The van der Waals surface area contributed by atoms with E-state index >= 15 is 0 Å². The Bertz CT molecular complexity index is 829. The van der Waals surface area contributed by atoms with Gasteiger partial charge in [0.15, 0.2) is 6.04 Å². The van der Waals surface area contributed by atoms with Gasteiger partial charge in [-0.1, -0.05) is 49.7 Å². The van der Waals surface area contributed by atoms with E-state index in [1.165, 1.54) is 6.07 Å². The van der Waals surface area contributed by atoms with E-state index in [0.717, 1.165) is 28.8 Å². The van der Waals surface area contributed by atoms with E-state index in [9.17, 15) is 18.0 Å². The fourth-order valence-corrected chi connectivity index (χ4v) is 3.72. The third kappa shape index (κ3) is 3.43. The molecule has 0 saturated carbocycles. The fraction of sp³-hybridized carbons (Fsp3) is 0.450. The SMILES string of the molecule is CCCc1ccc2c(C(N3NC(=O)CC3(C)C)C(F)(F)F)cccc2c1. The van der Waals surface area contributed by atoms with Gasteiger partial charge in [0.05, 0.1) is 0 Å². The molecule has 1 N–H and O–H groups in total. The summed E-state index contributed by atoms with van der Waals surface area (Å²) < 4.78 is 42.2. The monoisotopic (exact) mass is 364 g/mol. The van der Waals surface area contributed by atoms with E-state index in [-0.39, 0.29) is 12.0 Å². The third-order valence-corrected chi connectivity index (χ3v) is 4.87. The van der Waals surface area contributed by atoms with Gasteiger partial charge in [0.25, 0.3) is 0 Å². The molecule has 0 aromatic heterocycles. The maximum Gasteiger partial charge on any atom is 0.409 e. The minimum atomic E-state index is -4.52. The molecule has 1 aliphatic rings. The molecule has 1 aliphatic heterocycles. The van der Waals surface area contributed by atoms with Crippen LogP contribution in [0.25, 0.3) is 10.8 Å². The highest BCUT2D eigenvalue weighted by atomic mass is 19.4. The normalized spacial score (nSPS) is 18.9. The Hall–Kier alpha value is -2.08. The zero-order valence-electron chi connectivity index (χ0n) is 15.2. The van der Waals surface area contributed by atoms with E-state index in [1.54, 1.807) is 26.0 Å². The number of carbonyl (C=O) groups excluding carboxylic acids is 1. The van der Waals surface area contributed by atoms with Gasteiger partial charge in [-0.2, -0.15) is 18.2 Å². The first-order chi connectivity index (χ1) is 12.1. The van der Waals surface area contributed by atoms with E-state index in [0.29, 0.717) is 5.39 Å². The molecule has 140 valence electrons. The van der Waals surface area contributed by atoms with Crippen LogP contribution in [0.3, 0.4) is 0 Å². The molecule has 0 radical (unpaired) electrons. The molecule has 2 aromatic rings. The number of hydrogen-bond donors (Lipinski definition) is 1. The summed E-state index contributed by atoms with van der Waals surface area (Å²) in [6, 6.07) is 8.68. The third-order valence-electron chi connectivity index (χ3n) is 4.87. The maximum atomic E-state index is 14.1. The average Bonchev–Trinajstić information content (AvgIpc) is 2.79. The summed E-state index contributed by atoms with van der Waals surface area (Å²) in [4.78, 5) is 11.8. The van der Waals surface area contributed by atoms with Gasteiger partial charge in [-0.15, -0.1) is 0 Å². The summed E-state index contributed by atoms with van der Waals surface area (Å²) in [6.45, 7) is 5.36. The summed E-state index contributed by atoms with van der Waals surface area (Å²) in [5.74, 6) is -0.394. The maximum absolute atomic E-state index is 14.1. The molecular formula is C20H23F3N2O. The standard InChI is InChI=1S/C20H23F3N2O/c1-4-6-13-9-10-15-14(11-13)7-5-8-16(15)18(20(21,22)23)25-19(2,3)12-17(26)24-25/h5,7-11,18H,4,6,12H2,1-3H3,(H,24,26). The number of fused-ring (bicyclic) bond motifs is 1. The molecule has 3 rings (SSSR count). The molecule has 6 heteroatoms. The number of carbonyl (C=O) groups is 1. The lowest BCUT2D eigenvalue weighted by Crippen LogP contribution is -2.51. The van der Waals surface area contributed by atoms with Crippen LogP contribution in [0.15, 0.2) is 36.4 Å². The quantitative estimate of drug-likeness (QED) is 0.836. The number of hydrogen-bond acceptors (Lipinski definition) is 2. The number of hydrazine groups is 1. The number of rotatable bonds is 4. The van der Waals surface area contributed by atoms with Crippen LogP contribution < -0.4 is 5.43 Å². The zero-order chi connectivity index (χ0) is 19.1. The molecule has 0 bridgehead atoms. The Morgan fingerprint density at radius 3 is 2.54 bits per heavy atom. The highest BCUT2D eigenvalue weighted by Gasteiger charge is 2.53. The molecule has 1 fully saturated rings. The summed E-state index contributed by atoms with van der Waals surface area (Å²) in [6.07, 6.45) is -2.63. The van der Waals surface area contributed by atoms with Gasteiger partial charge in [0.2, 0.25) is 5.91 Å². The van der Waals surface area contributed by atoms with E-state index in [2.05, 4.69) is 12.3 Å². The minimum Gasteiger partial charge on any atom is -0.287 e. The van der Waals surface area contributed by atoms with Crippen LogP contribution >= 0.6 is 0 Å². The molecule has 26 heavy (non-hydrogen) atoms. The Labute approximate surface area is 151 Å². The number of aryl methyl sites for hydroxylation is 1. The number of nitrogens with zero attached hydrogens (tertiary/aromatic N) is 1. The van der Waals surface area contributed by atoms with Crippen LogP contribution in [0, 0.1) is 0 Å². The molecule has 1 heterocycles. The minimum absolute atomic E-state index is 0.0327. The second kappa shape index (κ2) is 6.58. The summed E-state index contributed by atoms with van der Waals surface area (Å²) >= 11 is 0.